The number of rotatable bonds is 6. The van der Waals surface area contributed by atoms with E-state index in [1.807, 2.05) is 10.9 Å². The molecule has 1 atom stereocenters. The third-order valence-electron chi connectivity index (χ3n) is 3.70. The molecule has 1 unspecified atom stereocenters. The lowest BCUT2D eigenvalue weighted by atomic mass is 9.95. The van der Waals surface area contributed by atoms with Crippen LogP contribution >= 0.6 is 0 Å². The van der Waals surface area contributed by atoms with Crippen LogP contribution in [-0.4, -0.2) is 27.8 Å². The molecule has 0 aromatic carbocycles. The van der Waals surface area contributed by atoms with Crippen molar-refractivity contribution in [3.8, 4) is 5.75 Å². The zero-order chi connectivity index (χ0) is 14.4. The quantitative estimate of drug-likeness (QED) is 0.870. The number of ether oxygens (including phenoxy) is 1. The molecule has 0 spiro atoms. The van der Waals surface area contributed by atoms with Crippen LogP contribution in [0, 0.1) is 0 Å². The molecule has 1 saturated carbocycles. The fourth-order valence-electron chi connectivity index (χ4n) is 2.58. The van der Waals surface area contributed by atoms with Crippen LogP contribution in [0.2, 0.25) is 0 Å². The van der Waals surface area contributed by atoms with E-state index in [0.717, 1.165) is 25.8 Å². The summed E-state index contributed by atoms with van der Waals surface area (Å²) in [7, 11) is 0. The molecule has 5 heteroatoms. The van der Waals surface area contributed by atoms with Crippen molar-refractivity contribution in [3.63, 3.8) is 0 Å². The Kier molecular flexibility index (Phi) is 5.44. The number of aromatic nitrogens is 2. The van der Waals surface area contributed by atoms with Crippen molar-refractivity contribution in [1.29, 1.82) is 0 Å². The zero-order valence-electron chi connectivity index (χ0n) is 12.5. The minimum atomic E-state index is -0.476. The molecule has 5 nitrogen and oxygen atoms in total. The van der Waals surface area contributed by atoms with E-state index in [4.69, 9.17) is 4.74 Å². The van der Waals surface area contributed by atoms with Crippen molar-refractivity contribution in [3.05, 3.63) is 12.4 Å². The first-order valence-corrected chi connectivity index (χ1v) is 7.68. The van der Waals surface area contributed by atoms with Crippen LogP contribution in [0.25, 0.3) is 0 Å². The van der Waals surface area contributed by atoms with E-state index in [1.165, 1.54) is 19.3 Å². The molecule has 1 amide bonds. The number of aryl methyl sites for hydroxylation is 1. The minimum absolute atomic E-state index is 0.0276. The van der Waals surface area contributed by atoms with E-state index in [2.05, 4.69) is 17.3 Å². The topological polar surface area (TPSA) is 56.1 Å². The third-order valence-corrected chi connectivity index (χ3v) is 3.70. The second kappa shape index (κ2) is 7.31. The van der Waals surface area contributed by atoms with Gasteiger partial charge in [-0.05, 0) is 26.2 Å². The van der Waals surface area contributed by atoms with Crippen LogP contribution in [-0.2, 0) is 11.3 Å². The normalized spacial score (nSPS) is 17.7. The van der Waals surface area contributed by atoms with Gasteiger partial charge >= 0.3 is 0 Å². The van der Waals surface area contributed by atoms with Gasteiger partial charge in [0.2, 0.25) is 0 Å². The summed E-state index contributed by atoms with van der Waals surface area (Å²) in [5.74, 6) is 0.630. The molecule has 0 aliphatic heterocycles. The fourth-order valence-corrected chi connectivity index (χ4v) is 2.58. The Labute approximate surface area is 120 Å². The number of carbonyl (C=O) groups is 1. The van der Waals surface area contributed by atoms with Crippen LogP contribution in [0.15, 0.2) is 12.4 Å². The first kappa shape index (κ1) is 14.9. The first-order chi connectivity index (χ1) is 9.69. The molecule has 1 aliphatic carbocycles. The molecule has 0 saturated heterocycles. The monoisotopic (exact) mass is 279 g/mol. The Morgan fingerprint density at radius 1 is 1.50 bits per heavy atom. The summed E-state index contributed by atoms with van der Waals surface area (Å²) in [5.41, 5.74) is 0. The van der Waals surface area contributed by atoms with Crippen molar-refractivity contribution in [1.82, 2.24) is 15.1 Å². The van der Waals surface area contributed by atoms with Gasteiger partial charge in [-0.1, -0.05) is 26.2 Å². The van der Waals surface area contributed by atoms with E-state index < -0.39 is 6.10 Å². The molecule has 1 heterocycles. The van der Waals surface area contributed by atoms with E-state index >= 15 is 0 Å². The highest BCUT2D eigenvalue weighted by Crippen LogP contribution is 2.18. The molecular formula is C15H25N3O2. The highest BCUT2D eigenvalue weighted by Gasteiger charge is 2.20. The Balaban J connectivity index is 1.80. The molecule has 0 radical (unpaired) electrons. The van der Waals surface area contributed by atoms with Crippen molar-refractivity contribution in [2.45, 2.75) is 71.1 Å². The Hall–Kier alpha value is -1.52. The number of carbonyl (C=O) groups excluding carboxylic acids is 1. The SMILES string of the molecule is CCCn1cc(OC(C)C(=O)NC2CCCCC2)cn1. The number of nitrogens with one attached hydrogen (secondary N) is 1. The highest BCUT2D eigenvalue weighted by molar-refractivity contribution is 5.81. The number of hydrogen-bond donors (Lipinski definition) is 1. The zero-order valence-corrected chi connectivity index (χ0v) is 12.5. The second-order valence-electron chi connectivity index (χ2n) is 5.54. The minimum Gasteiger partial charge on any atom is -0.478 e. The summed E-state index contributed by atoms with van der Waals surface area (Å²) in [6.45, 7) is 4.75. The van der Waals surface area contributed by atoms with E-state index in [-0.39, 0.29) is 5.91 Å². The average Bonchev–Trinajstić information content (AvgIpc) is 2.87. The Bertz CT molecular complexity index is 425. The van der Waals surface area contributed by atoms with Gasteiger partial charge in [0.1, 0.15) is 0 Å². The predicted molar refractivity (Wildman–Crippen MR) is 77.6 cm³/mol. The number of hydrogen-bond acceptors (Lipinski definition) is 3. The lowest BCUT2D eigenvalue weighted by Crippen LogP contribution is -2.43. The maximum atomic E-state index is 12.1. The van der Waals surface area contributed by atoms with E-state index in [1.54, 1.807) is 13.1 Å². The van der Waals surface area contributed by atoms with Crippen molar-refractivity contribution < 1.29 is 9.53 Å². The summed E-state index contributed by atoms with van der Waals surface area (Å²) in [6, 6.07) is 0.324. The predicted octanol–water partition coefficient (Wildman–Crippen LogP) is 2.51. The summed E-state index contributed by atoms with van der Waals surface area (Å²) < 4.78 is 7.48. The van der Waals surface area contributed by atoms with Gasteiger partial charge < -0.3 is 10.1 Å². The maximum absolute atomic E-state index is 12.1. The van der Waals surface area contributed by atoms with Crippen molar-refractivity contribution >= 4 is 5.91 Å². The van der Waals surface area contributed by atoms with Gasteiger partial charge in [-0.25, -0.2) is 0 Å². The fraction of sp³-hybridized carbons (Fsp3) is 0.733. The van der Waals surface area contributed by atoms with Gasteiger partial charge in [-0.15, -0.1) is 0 Å². The molecule has 112 valence electrons. The average molecular weight is 279 g/mol. The molecule has 1 aromatic heterocycles. The Morgan fingerprint density at radius 3 is 2.95 bits per heavy atom. The molecule has 1 fully saturated rings. The number of nitrogens with zero attached hydrogens (tertiary/aromatic N) is 2. The summed E-state index contributed by atoms with van der Waals surface area (Å²) in [5, 5.41) is 7.27. The first-order valence-electron chi connectivity index (χ1n) is 7.68. The maximum Gasteiger partial charge on any atom is 0.260 e. The molecular weight excluding hydrogens is 254 g/mol. The largest absolute Gasteiger partial charge is 0.478 e. The molecule has 1 aromatic rings. The molecule has 1 N–H and O–H groups in total. The number of amides is 1. The lowest BCUT2D eigenvalue weighted by molar-refractivity contribution is -0.128. The molecule has 20 heavy (non-hydrogen) atoms. The van der Waals surface area contributed by atoms with Crippen LogP contribution < -0.4 is 10.1 Å². The molecule has 1 aliphatic rings. The van der Waals surface area contributed by atoms with Gasteiger partial charge in [-0.2, -0.15) is 5.10 Å². The summed E-state index contributed by atoms with van der Waals surface area (Å²) >= 11 is 0. The van der Waals surface area contributed by atoms with Crippen LogP contribution in [0.1, 0.15) is 52.4 Å². The van der Waals surface area contributed by atoms with Gasteiger partial charge in [0, 0.05) is 12.6 Å². The van der Waals surface area contributed by atoms with Gasteiger partial charge in [0.25, 0.3) is 5.91 Å². The summed E-state index contributed by atoms with van der Waals surface area (Å²) in [4.78, 5) is 12.1. The smallest absolute Gasteiger partial charge is 0.260 e. The molecule has 2 rings (SSSR count). The van der Waals surface area contributed by atoms with Crippen LogP contribution in [0.5, 0.6) is 5.75 Å². The summed E-state index contributed by atoms with van der Waals surface area (Å²) in [6.07, 6.45) is 9.95. The third kappa shape index (κ3) is 4.25. The highest BCUT2D eigenvalue weighted by atomic mass is 16.5. The van der Waals surface area contributed by atoms with Crippen molar-refractivity contribution in [2.24, 2.45) is 0 Å². The lowest BCUT2D eigenvalue weighted by Gasteiger charge is -2.24. The standard InChI is InChI=1S/C15H25N3O2/c1-3-9-18-11-14(10-16-18)20-12(2)15(19)17-13-7-5-4-6-8-13/h10-13H,3-9H2,1-2H3,(H,17,19). The van der Waals surface area contributed by atoms with Gasteiger partial charge in [-0.3, -0.25) is 9.48 Å². The van der Waals surface area contributed by atoms with Gasteiger partial charge in [0.15, 0.2) is 11.9 Å². The molecule has 0 bridgehead atoms. The van der Waals surface area contributed by atoms with E-state index in [0.29, 0.717) is 11.8 Å². The van der Waals surface area contributed by atoms with Crippen molar-refractivity contribution in [2.75, 3.05) is 0 Å². The van der Waals surface area contributed by atoms with Crippen LogP contribution in [0.4, 0.5) is 0 Å². The van der Waals surface area contributed by atoms with Gasteiger partial charge in [0.05, 0.1) is 12.4 Å². The van der Waals surface area contributed by atoms with Crippen LogP contribution in [0.3, 0.4) is 0 Å². The van der Waals surface area contributed by atoms with E-state index in [9.17, 15) is 4.79 Å². The Morgan fingerprint density at radius 2 is 2.25 bits per heavy atom. The second-order valence-corrected chi connectivity index (χ2v) is 5.54.